The summed E-state index contributed by atoms with van der Waals surface area (Å²) in [5, 5.41) is 9.45. The van der Waals surface area contributed by atoms with E-state index in [-0.39, 0.29) is 0 Å². The van der Waals surface area contributed by atoms with E-state index in [9.17, 15) is 0 Å². The summed E-state index contributed by atoms with van der Waals surface area (Å²) in [6.07, 6.45) is 3.57. The second-order valence-corrected chi connectivity index (χ2v) is 7.23. The molecule has 0 amide bonds. The Morgan fingerprint density at radius 3 is 2.78 bits per heavy atom. The number of likely N-dealkylation sites (N-methyl/N-ethyl adjacent to an activating group) is 1. The molecule has 27 heavy (non-hydrogen) atoms. The van der Waals surface area contributed by atoms with Crippen LogP contribution in [0.2, 0.25) is 0 Å². The van der Waals surface area contributed by atoms with E-state index in [2.05, 4.69) is 69.6 Å². The van der Waals surface area contributed by atoms with Crippen molar-refractivity contribution in [2.24, 2.45) is 0 Å². The molecule has 1 aliphatic heterocycles. The Hall–Kier alpha value is -3.11. The predicted octanol–water partition coefficient (Wildman–Crippen LogP) is 4.27. The van der Waals surface area contributed by atoms with Crippen molar-refractivity contribution in [3.63, 3.8) is 0 Å². The highest BCUT2D eigenvalue weighted by molar-refractivity contribution is 5.79. The molecule has 0 bridgehead atoms. The third kappa shape index (κ3) is 2.98. The van der Waals surface area contributed by atoms with Crippen molar-refractivity contribution in [2.75, 3.05) is 13.6 Å². The van der Waals surface area contributed by atoms with E-state index in [1.54, 1.807) is 6.20 Å². The maximum absolute atomic E-state index is 4.54. The molecule has 4 nitrogen and oxygen atoms in total. The van der Waals surface area contributed by atoms with Gasteiger partial charge in [-0.3, -0.25) is 4.98 Å². The summed E-state index contributed by atoms with van der Waals surface area (Å²) in [6, 6.07) is 21.4. The van der Waals surface area contributed by atoms with Gasteiger partial charge in [0.1, 0.15) is 0 Å². The first-order valence-electron chi connectivity index (χ1n) is 9.22. The zero-order chi connectivity index (χ0) is 18.2. The molecule has 1 atom stereocenters. The minimum atomic E-state index is 0.348. The average molecular weight is 352 g/mol. The molecule has 132 valence electrons. The van der Waals surface area contributed by atoms with Gasteiger partial charge in [0.05, 0.1) is 11.2 Å². The zero-order valence-corrected chi connectivity index (χ0v) is 15.2. The molecule has 0 saturated heterocycles. The largest absolute Gasteiger partial charge is 0.301 e. The number of pyridine rings is 1. The van der Waals surface area contributed by atoms with Crippen LogP contribution in [0.5, 0.6) is 0 Å². The van der Waals surface area contributed by atoms with E-state index in [4.69, 9.17) is 0 Å². The molecule has 3 heterocycles. The van der Waals surface area contributed by atoms with Gasteiger partial charge >= 0.3 is 0 Å². The number of hydrogen-bond acceptors (Lipinski definition) is 4. The van der Waals surface area contributed by atoms with Crippen LogP contribution in [-0.2, 0) is 6.54 Å². The van der Waals surface area contributed by atoms with E-state index in [0.29, 0.717) is 5.92 Å². The lowest BCUT2D eigenvalue weighted by atomic mass is 9.83. The minimum Gasteiger partial charge on any atom is -0.301 e. The molecule has 1 unspecified atom stereocenters. The topological polar surface area (TPSA) is 41.9 Å². The second kappa shape index (κ2) is 6.56. The van der Waals surface area contributed by atoms with Crippen molar-refractivity contribution in [2.45, 2.75) is 12.5 Å². The number of hydrogen-bond donors (Lipinski definition) is 0. The fraction of sp³-hybridized carbons (Fsp3) is 0.174. The smallest absolute Gasteiger partial charge is 0.0929 e. The van der Waals surface area contributed by atoms with Crippen LogP contribution in [0.1, 0.15) is 22.6 Å². The molecule has 0 aliphatic carbocycles. The molecular formula is C23H20N4. The summed E-state index contributed by atoms with van der Waals surface area (Å²) in [7, 11) is 2.18. The SMILES string of the molecule is CN1Cc2cc(-c3cccnn3)ccc2C(c2ccc3cccnc3c2)C1. The van der Waals surface area contributed by atoms with Gasteiger partial charge in [-0.25, -0.2) is 0 Å². The third-order valence-corrected chi connectivity index (χ3v) is 5.35. The number of benzene rings is 2. The number of rotatable bonds is 2. The van der Waals surface area contributed by atoms with Gasteiger partial charge in [0, 0.05) is 42.4 Å². The molecule has 4 aromatic rings. The van der Waals surface area contributed by atoms with Gasteiger partial charge in [-0.2, -0.15) is 10.2 Å². The predicted molar refractivity (Wildman–Crippen MR) is 107 cm³/mol. The normalized spacial score (nSPS) is 17.0. The van der Waals surface area contributed by atoms with Crippen LogP contribution >= 0.6 is 0 Å². The highest BCUT2D eigenvalue weighted by atomic mass is 15.1. The molecule has 1 aliphatic rings. The van der Waals surface area contributed by atoms with Gasteiger partial charge in [0.2, 0.25) is 0 Å². The van der Waals surface area contributed by atoms with E-state index in [0.717, 1.165) is 29.9 Å². The van der Waals surface area contributed by atoms with Crippen molar-refractivity contribution >= 4 is 10.9 Å². The monoisotopic (exact) mass is 352 g/mol. The molecule has 0 radical (unpaired) electrons. The first-order valence-corrected chi connectivity index (χ1v) is 9.22. The third-order valence-electron chi connectivity index (χ3n) is 5.35. The first-order chi connectivity index (χ1) is 13.3. The van der Waals surface area contributed by atoms with E-state index in [1.165, 1.54) is 22.1 Å². The van der Waals surface area contributed by atoms with E-state index >= 15 is 0 Å². The van der Waals surface area contributed by atoms with Gasteiger partial charge in [0.25, 0.3) is 0 Å². The number of aromatic nitrogens is 3. The molecule has 4 heteroatoms. The van der Waals surface area contributed by atoms with Crippen LogP contribution in [0.25, 0.3) is 22.2 Å². The Bertz CT molecular complexity index is 1110. The van der Waals surface area contributed by atoms with Gasteiger partial charge < -0.3 is 4.90 Å². The lowest BCUT2D eigenvalue weighted by molar-refractivity contribution is 0.295. The van der Waals surface area contributed by atoms with Crippen molar-refractivity contribution < 1.29 is 0 Å². The van der Waals surface area contributed by atoms with Crippen LogP contribution in [0.3, 0.4) is 0 Å². The summed E-state index contributed by atoms with van der Waals surface area (Å²) in [5.41, 5.74) is 7.17. The van der Waals surface area contributed by atoms with Gasteiger partial charge in [-0.1, -0.05) is 30.3 Å². The molecule has 0 spiro atoms. The summed E-state index contributed by atoms with van der Waals surface area (Å²) >= 11 is 0. The molecule has 5 rings (SSSR count). The van der Waals surface area contributed by atoms with Crippen LogP contribution in [0.15, 0.2) is 73.1 Å². The average Bonchev–Trinajstić information content (AvgIpc) is 2.73. The Morgan fingerprint density at radius 2 is 1.89 bits per heavy atom. The summed E-state index contributed by atoms with van der Waals surface area (Å²) in [6.45, 7) is 1.96. The fourth-order valence-electron chi connectivity index (χ4n) is 4.05. The highest BCUT2D eigenvalue weighted by Crippen LogP contribution is 2.35. The molecular weight excluding hydrogens is 332 g/mol. The van der Waals surface area contributed by atoms with E-state index < -0.39 is 0 Å². The van der Waals surface area contributed by atoms with Crippen LogP contribution < -0.4 is 0 Å². The lowest BCUT2D eigenvalue weighted by Gasteiger charge is -2.33. The van der Waals surface area contributed by atoms with Gasteiger partial charge in [-0.15, -0.1) is 0 Å². The highest BCUT2D eigenvalue weighted by Gasteiger charge is 2.25. The summed E-state index contributed by atoms with van der Waals surface area (Å²) in [4.78, 5) is 6.92. The van der Waals surface area contributed by atoms with Crippen molar-refractivity contribution in [3.05, 3.63) is 89.7 Å². The summed E-state index contributed by atoms with van der Waals surface area (Å²) < 4.78 is 0. The lowest BCUT2D eigenvalue weighted by Crippen LogP contribution is -2.31. The van der Waals surface area contributed by atoms with Crippen LogP contribution in [0.4, 0.5) is 0 Å². The van der Waals surface area contributed by atoms with Crippen LogP contribution in [-0.4, -0.2) is 33.7 Å². The second-order valence-electron chi connectivity index (χ2n) is 7.23. The molecule has 0 N–H and O–H groups in total. The fourth-order valence-corrected chi connectivity index (χ4v) is 4.05. The van der Waals surface area contributed by atoms with Crippen LogP contribution in [0, 0.1) is 0 Å². The Morgan fingerprint density at radius 1 is 0.963 bits per heavy atom. The Balaban J connectivity index is 1.59. The Kier molecular flexibility index (Phi) is 3.91. The van der Waals surface area contributed by atoms with Gasteiger partial charge in [-0.05, 0) is 54.1 Å². The van der Waals surface area contributed by atoms with Crippen molar-refractivity contribution in [3.8, 4) is 11.3 Å². The molecule has 2 aromatic carbocycles. The maximum Gasteiger partial charge on any atom is 0.0929 e. The minimum absolute atomic E-state index is 0.348. The van der Waals surface area contributed by atoms with Crippen molar-refractivity contribution in [1.29, 1.82) is 0 Å². The maximum atomic E-state index is 4.54. The quantitative estimate of drug-likeness (QED) is 0.540. The number of nitrogens with zero attached hydrogens (tertiary/aromatic N) is 4. The van der Waals surface area contributed by atoms with E-state index in [1.807, 2.05) is 24.4 Å². The first kappa shape index (κ1) is 16.1. The molecule has 0 saturated carbocycles. The van der Waals surface area contributed by atoms with Crippen molar-refractivity contribution in [1.82, 2.24) is 20.1 Å². The summed E-state index contributed by atoms with van der Waals surface area (Å²) in [5.74, 6) is 0.348. The van der Waals surface area contributed by atoms with Gasteiger partial charge in [0.15, 0.2) is 0 Å². The Labute approximate surface area is 158 Å². The molecule has 2 aromatic heterocycles. The zero-order valence-electron chi connectivity index (χ0n) is 15.2. The molecule has 0 fully saturated rings. The number of fused-ring (bicyclic) bond motifs is 2. The standard InChI is InChI=1S/C23H20N4/c1-27-14-19-12-18(22-5-3-11-25-26-22)8-9-20(19)21(15-27)17-7-6-16-4-2-10-24-23(16)13-17/h2-13,21H,14-15H2,1H3.